The Morgan fingerprint density at radius 2 is 1.68 bits per heavy atom. The van der Waals surface area contributed by atoms with Crippen molar-refractivity contribution in [3.63, 3.8) is 0 Å². The van der Waals surface area contributed by atoms with Crippen LogP contribution in [-0.4, -0.2) is 27.6 Å². The Morgan fingerprint density at radius 3 is 2.32 bits per heavy atom. The van der Waals surface area contributed by atoms with Crippen molar-refractivity contribution in [3.05, 3.63) is 77.1 Å². The van der Waals surface area contributed by atoms with Crippen LogP contribution in [0.15, 0.2) is 70.6 Å². The van der Waals surface area contributed by atoms with Crippen LogP contribution in [0.25, 0.3) is 0 Å². The topological polar surface area (TPSA) is 139 Å². The smallest absolute Gasteiger partial charge is 0.261 e. The molecule has 11 heteroatoms. The third-order valence-electron chi connectivity index (χ3n) is 3.76. The van der Waals surface area contributed by atoms with Crippen molar-refractivity contribution in [3.8, 4) is 0 Å². The molecule has 0 spiro atoms. The second-order valence-corrected chi connectivity index (χ2v) is 9.41. The van der Waals surface area contributed by atoms with E-state index in [2.05, 4.69) is 9.71 Å². The van der Waals surface area contributed by atoms with Gasteiger partial charge >= 0.3 is 0 Å². The van der Waals surface area contributed by atoms with Gasteiger partial charge in [-0.15, -0.1) is 0 Å². The first-order valence-electron chi connectivity index (χ1n) is 7.71. The van der Waals surface area contributed by atoms with Crippen molar-refractivity contribution in [2.45, 2.75) is 9.79 Å². The lowest BCUT2D eigenvalue weighted by molar-refractivity contribution is 0.103. The number of sulfonamides is 2. The van der Waals surface area contributed by atoms with E-state index < -0.39 is 25.8 Å². The fraction of sp³-hybridized carbons (Fsp3) is 0. The Balaban J connectivity index is 2.03. The SMILES string of the molecule is NS(=O)(=O)c1cccc(S(=O)(=O)Nc2ccc(Cl)cc2C(=O)c2ccc[nH]2)c1. The molecule has 2 aromatic carbocycles. The summed E-state index contributed by atoms with van der Waals surface area (Å²) < 4.78 is 50.7. The zero-order valence-electron chi connectivity index (χ0n) is 14.1. The van der Waals surface area contributed by atoms with Crippen LogP contribution in [-0.2, 0) is 20.0 Å². The Morgan fingerprint density at radius 1 is 0.964 bits per heavy atom. The molecule has 0 saturated carbocycles. The number of ketones is 1. The maximum absolute atomic E-state index is 12.7. The molecular weight excluding hydrogens is 426 g/mol. The summed E-state index contributed by atoms with van der Waals surface area (Å²) in [5.41, 5.74) is 0.269. The molecule has 0 radical (unpaired) electrons. The predicted molar refractivity (Wildman–Crippen MR) is 104 cm³/mol. The normalized spacial score (nSPS) is 11.9. The molecule has 0 aliphatic rings. The van der Waals surface area contributed by atoms with Crippen molar-refractivity contribution in [1.82, 2.24) is 4.98 Å². The van der Waals surface area contributed by atoms with E-state index in [0.29, 0.717) is 0 Å². The predicted octanol–water partition coefficient (Wildman–Crippen LogP) is 2.35. The number of primary sulfonamides is 1. The number of H-pyrrole nitrogens is 1. The Hall–Kier alpha value is -2.66. The summed E-state index contributed by atoms with van der Waals surface area (Å²) in [7, 11) is -8.29. The van der Waals surface area contributed by atoms with E-state index in [0.717, 1.165) is 6.07 Å². The third-order valence-corrected chi connectivity index (χ3v) is 6.27. The van der Waals surface area contributed by atoms with E-state index in [9.17, 15) is 21.6 Å². The van der Waals surface area contributed by atoms with Gasteiger partial charge in [-0.3, -0.25) is 9.52 Å². The molecule has 0 saturated heterocycles. The minimum absolute atomic E-state index is 0.00925. The van der Waals surface area contributed by atoms with Crippen molar-refractivity contribution in [2.24, 2.45) is 5.14 Å². The molecule has 0 atom stereocenters. The molecule has 0 bridgehead atoms. The van der Waals surface area contributed by atoms with Gasteiger partial charge in [0, 0.05) is 16.8 Å². The second-order valence-electron chi connectivity index (χ2n) is 5.73. The van der Waals surface area contributed by atoms with Gasteiger partial charge in [-0.1, -0.05) is 17.7 Å². The molecule has 1 aromatic heterocycles. The summed E-state index contributed by atoms with van der Waals surface area (Å²) in [5, 5.41) is 5.29. The first kappa shape index (κ1) is 20.1. The Bertz CT molecular complexity index is 1250. The zero-order valence-corrected chi connectivity index (χ0v) is 16.5. The Kier molecular flexibility index (Phi) is 5.31. The summed E-state index contributed by atoms with van der Waals surface area (Å²) in [6, 6.07) is 11.8. The fourth-order valence-electron chi connectivity index (χ4n) is 2.43. The number of hydrogen-bond donors (Lipinski definition) is 3. The van der Waals surface area contributed by atoms with Gasteiger partial charge in [0.15, 0.2) is 0 Å². The molecule has 3 aromatic rings. The van der Waals surface area contributed by atoms with Crippen molar-refractivity contribution < 1.29 is 21.6 Å². The van der Waals surface area contributed by atoms with Crippen LogP contribution < -0.4 is 9.86 Å². The number of carbonyl (C=O) groups excluding carboxylic acids is 1. The van der Waals surface area contributed by atoms with E-state index in [1.807, 2.05) is 0 Å². The van der Waals surface area contributed by atoms with Gasteiger partial charge in [-0.2, -0.15) is 0 Å². The maximum Gasteiger partial charge on any atom is 0.261 e. The van der Waals surface area contributed by atoms with Crippen LogP contribution in [0, 0.1) is 0 Å². The van der Waals surface area contributed by atoms with Crippen LogP contribution in [0.1, 0.15) is 16.1 Å². The molecule has 0 aliphatic carbocycles. The lowest BCUT2D eigenvalue weighted by Gasteiger charge is -2.13. The molecule has 146 valence electrons. The average Bonchev–Trinajstić information content (AvgIpc) is 3.16. The van der Waals surface area contributed by atoms with Crippen molar-refractivity contribution in [2.75, 3.05) is 4.72 Å². The highest BCUT2D eigenvalue weighted by Gasteiger charge is 2.22. The molecule has 4 N–H and O–H groups in total. The van der Waals surface area contributed by atoms with Crippen LogP contribution >= 0.6 is 11.6 Å². The number of rotatable bonds is 6. The summed E-state index contributed by atoms with van der Waals surface area (Å²) in [6.07, 6.45) is 1.56. The van der Waals surface area contributed by atoms with E-state index in [1.165, 1.54) is 42.5 Å². The van der Waals surface area contributed by atoms with Crippen LogP contribution in [0.3, 0.4) is 0 Å². The number of aromatic nitrogens is 1. The molecule has 0 fully saturated rings. The zero-order chi connectivity index (χ0) is 20.5. The number of aromatic amines is 1. The molecule has 0 amide bonds. The molecule has 0 aliphatic heterocycles. The van der Waals surface area contributed by atoms with Crippen LogP contribution in [0.2, 0.25) is 5.02 Å². The maximum atomic E-state index is 12.7. The minimum atomic E-state index is -4.21. The molecule has 8 nitrogen and oxygen atoms in total. The highest BCUT2D eigenvalue weighted by molar-refractivity contribution is 7.93. The van der Waals surface area contributed by atoms with Gasteiger partial charge in [0.05, 0.1) is 21.2 Å². The summed E-state index contributed by atoms with van der Waals surface area (Å²) in [5.74, 6) is -0.469. The van der Waals surface area contributed by atoms with Gasteiger partial charge in [0.2, 0.25) is 15.8 Å². The monoisotopic (exact) mass is 439 g/mol. The number of carbonyl (C=O) groups is 1. The lowest BCUT2D eigenvalue weighted by atomic mass is 10.1. The summed E-state index contributed by atoms with van der Waals surface area (Å²) >= 11 is 5.96. The van der Waals surface area contributed by atoms with Crippen molar-refractivity contribution >= 4 is 43.1 Å². The number of hydrogen-bond acceptors (Lipinski definition) is 5. The number of nitrogens with one attached hydrogen (secondary N) is 2. The fourth-order valence-corrected chi connectivity index (χ4v) is 4.36. The van der Waals surface area contributed by atoms with Gasteiger partial charge in [-0.05, 0) is 48.5 Å². The summed E-state index contributed by atoms with van der Waals surface area (Å²) in [4.78, 5) is 14.7. The first-order chi connectivity index (χ1) is 13.1. The lowest BCUT2D eigenvalue weighted by Crippen LogP contribution is -2.17. The molecule has 0 unspecified atom stereocenters. The highest BCUT2D eigenvalue weighted by Crippen LogP contribution is 2.26. The van der Waals surface area contributed by atoms with Gasteiger partial charge in [0.1, 0.15) is 0 Å². The largest absolute Gasteiger partial charge is 0.359 e. The van der Waals surface area contributed by atoms with E-state index in [4.69, 9.17) is 16.7 Å². The number of nitrogens with two attached hydrogens (primary N) is 1. The molecule has 28 heavy (non-hydrogen) atoms. The van der Waals surface area contributed by atoms with Crippen LogP contribution in [0.5, 0.6) is 0 Å². The van der Waals surface area contributed by atoms with Crippen molar-refractivity contribution in [1.29, 1.82) is 0 Å². The van der Waals surface area contributed by atoms with E-state index in [-0.39, 0.29) is 31.8 Å². The summed E-state index contributed by atoms with van der Waals surface area (Å²) in [6.45, 7) is 0. The van der Waals surface area contributed by atoms with Gasteiger partial charge in [0.25, 0.3) is 10.0 Å². The molecule has 1 heterocycles. The second kappa shape index (κ2) is 7.40. The number of halogens is 1. The molecular formula is C17H14ClN3O5S2. The number of anilines is 1. The number of benzene rings is 2. The average molecular weight is 440 g/mol. The van der Waals surface area contributed by atoms with E-state index >= 15 is 0 Å². The minimum Gasteiger partial charge on any atom is -0.359 e. The molecule has 3 rings (SSSR count). The standard InChI is InChI=1S/C17H14ClN3O5S2/c18-11-6-7-15(14(9-11)17(22)16-5-2-8-20-16)21-28(25,26)13-4-1-3-12(10-13)27(19,23)24/h1-10,20-21H,(H2,19,23,24). The quantitative estimate of drug-likeness (QED) is 0.506. The first-order valence-corrected chi connectivity index (χ1v) is 11.1. The third kappa shape index (κ3) is 4.25. The van der Waals surface area contributed by atoms with E-state index in [1.54, 1.807) is 12.3 Å². The van der Waals surface area contributed by atoms with Gasteiger partial charge < -0.3 is 4.98 Å². The Labute approximate surface area is 166 Å². The van der Waals surface area contributed by atoms with Crippen LogP contribution in [0.4, 0.5) is 5.69 Å². The van der Waals surface area contributed by atoms with Gasteiger partial charge in [-0.25, -0.2) is 22.0 Å². The highest BCUT2D eigenvalue weighted by atomic mass is 35.5.